The van der Waals surface area contributed by atoms with Gasteiger partial charge in [0.25, 0.3) is 0 Å². The summed E-state index contributed by atoms with van der Waals surface area (Å²) < 4.78 is 1.69. The van der Waals surface area contributed by atoms with E-state index in [1.54, 1.807) is 17.1 Å². The first-order valence-electron chi connectivity index (χ1n) is 4.09. The summed E-state index contributed by atoms with van der Waals surface area (Å²) >= 11 is 0. The van der Waals surface area contributed by atoms with Crippen LogP contribution in [0.25, 0.3) is 0 Å². The number of carbonyl (C=O) groups is 1. The second-order valence-electron chi connectivity index (χ2n) is 3.07. The zero-order valence-corrected chi connectivity index (χ0v) is 9.37. The Bertz CT molecular complexity index is 306. The highest BCUT2D eigenvalue weighted by molar-refractivity contribution is 5.85. The minimum Gasteiger partial charge on any atom is -0.480 e. The Hall–Kier alpha value is -0.850. The number of rotatable bonds is 2. The molecule has 1 aromatic rings. The molecule has 1 aromatic heterocycles. The lowest BCUT2D eigenvalue weighted by atomic mass is 10.2. The Morgan fingerprint density at radius 3 is 2.73 bits per heavy atom. The first-order chi connectivity index (χ1) is 6.27. The van der Waals surface area contributed by atoms with Gasteiger partial charge in [-0.25, -0.2) is 4.68 Å². The van der Waals surface area contributed by atoms with E-state index in [9.17, 15) is 4.79 Å². The fraction of sp³-hybridized carbons (Fsp3) is 0.571. The van der Waals surface area contributed by atoms with Gasteiger partial charge >= 0.3 is 5.97 Å². The van der Waals surface area contributed by atoms with Crippen molar-refractivity contribution < 1.29 is 9.90 Å². The molecule has 2 rings (SSSR count). The molecule has 0 aliphatic carbocycles. The maximum Gasteiger partial charge on any atom is 0.320 e. The SMILES string of the molecule is Cl.Cl.O=C(O)[C@H]1C[C@H](n2ccnn2)CN1. The van der Waals surface area contributed by atoms with Crippen molar-refractivity contribution in [2.45, 2.75) is 18.5 Å². The standard InChI is InChI=1S/C7H10N4O2.2ClH/c12-7(13)6-3-5(4-8-6)11-2-1-9-10-11;;/h1-2,5-6,8H,3-4H2,(H,12,13);2*1H/t5-,6+;;/m0../s1. The molecule has 0 amide bonds. The van der Waals surface area contributed by atoms with Gasteiger partial charge in [0.2, 0.25) is 0 Å². The zero-order chi connectivity index (χ0) is 9.26. The first-order valence-corrected chi connectivity index (χ1v) is 4.09. The van der Waals surface area contributed by atoms with Crippen LogP contribution in [-0.4, -0.2) is 38.7 Å². The van der Waals surface area contributed by atoms with Crippen molar-refractivity contribution in [2.75, 3.05) is 6.54 Å². The van der Waals surface area contributed by atoms with E-state index in [-0.39, 0.29) is 30.9 Å². The molecule has 8 heteroatoms. The molecule has 2 atom stereocenters. The van der Waals surface area contributed by atoms with Crippen LogP contribution in [0.4, 0.5) is 0 Å². The Balaban J connectivity index is 0.000000980. The lowest BCUT2D eigenvalue weighted by Crippen LogP contribution is -2.29. The second-order valence-corrected chi connectivity index (χ2v) is 3.07. The van der Waals surface area contributed by atoms with E-state index in [4.69, 9.17) is 5.11 Å². The fourth-order valence-corrected chi connectivity index (χ4v) is 1.52. The molecule has 86 valence electrons. The van der Waals surface area contributed by atoms with Crippen LogP contribution in [0.1, 0.15) is 12.5 Å². The molecule has 2 N–H and O–H groups in total. The van der Waals surface area contributed by atoms with E-state index >= 15 is 0 Å². The molecule has 1 saturated heterocycles. The zero-order valence-electron chi connectivity index (χ0n) is 7.74. The summed E-state index contributed by atoms with van der Waals surface area (Å²) in [5.41, 5.74) is 0. The summed E-state index contributed by atoms with van der Waals surface area (Å²) in [6.07, 6.45) is 3.91. The van der Waals surface area contributed by atoms with E-state index in [0.29, 0.717) is 13.0 Å². The molecule has 1 aliphatic heterocycles. The Morgan fingerprint density at radius 1 is 1.53 bits per heavy atom. The highest BCUT2D eigenvalue weighted by Gasteiger charge is 2.30. The molecule has 0 radical (unpaired) electrons. The Kier molecular flexibility index (Phi) is 5.56. The molecular formula is C7H12Cl2N4O2. The van der Waals surface area contributed by atoms with Gasteiger partial charge < -0.3 is 10.4 Å². The molecule has 0 bridgehead atoms. The van der Waals surface area contributed by atoms with Crippen LogP contribution in [-0.2, 0) is 4.79 Å². The summed E-state index contributed by atoms with van der Waals surface area (Å²) in [4.78, 5) is 10.6. The number of aromatic nitrogens is 3. The van der Waals surface area contributed by atoms with Gasteiger partial charge in [-0.2, -0.15) is 0 Å². The molecule has 1 fully saturated rings. The minimum absolute atomic E-state index is 0. The predicted octanol–water partition coefficient (Wildman–Crippen LogP) is 0.109. The molecule has 0 aromatic carbocycles. The van der Waals surface area contributed by atoms with Crippen molar-refractivity contribution in [3.8, 4) is 0 Å². The molecule has 0 spiro atoms. The maximum atomic E-state index is 10.6. The van der Waals surface area contributed by atoms with Crippen LogP contribution >= 0.6 is 24.8 Å². The van der Waals surface area contributed by atoms with E-state index in [0.717, 1.165) is 0 Å². The van der Waals surface area contributed by atoms with Crippen LogP contribution in [0, 0.1) is 0 Å². The number of hydrogen-bond donors (Lipinski definition) is 2. The van der Waals surface area contributed by atoms with Crippen molar-refractivity contribution >= 4 is 30.8 Å². The van der Waals surface area contributed by atoms with Crippen molar-refractivity contribution in [1.82, 2.24) is 20.3 Å². The topological polar surface area (TPSA) is 80.0 Å². The van der Waals surface area contributed by atoms with Gasteiger partial charge in [-0.3, -0.25) is 4.79 Å². The molecule has 6 nitrogen and oxygen atoms in total. The van der Waals surface area contributed by atoms with Crippen LogP contribution < -0.4 is 5.32 Å². The van der Waals surface area contributed by atoms with E-state index in [1.165, 1.54) is 0 Å². The van der Waals surface area contributed by atoms with E-state index < -0.39 is 12.0 Å². The van der Waals surface area contributed by atoms with Crippen LogP contribution in [0.3, 0.4) is 0 Å². The normalized spacial score (nSPS) is 24.0. The molecule has 0 unspecified atom stereocenters. The number of aliphatic carboxylic acids is 1. The van der Waals surface area contributed by atoms with E-state index in [1.807, 2.05) is 0 Å². The number of carboxylic acid groups (broad SMARTS) is 1. The lowest BCUT2D eigenvalue weighted by Gasteiger charge is -2.06. The Labute approximate surface area is 98.9 Å². The number of carboxylic acids is 1. The molecule has 0 saturated carbocycles. The van der Waals surface area contributed by atoms with Gasteiger partial charge in [0, 0.05) is 12.7 Å². The summed E-state index contributed by atoms with van der Waals surface area (Å²) in [5.74, 6) is -0.803. The summed E-state index contributed by atoms with van der Waals surface area (Å²) in [5, 5.41) is 19.1. The minimum atomic E-state index is -0.803. The van der Waals surface area contributed by atoms with Crippen molar-refractivity contribution in [3.05, 3.63) is 12.4 Å². The molecule has 15 heavy (non-hydrogen) atoms. The highest BCUT2D eigenvalue weighted by atomic mass is 35.5. The summed E-state index contributed by atoms with van der Waals surface area (Å²) in [7, 11) is 0. The van der Waals surface area contributed by atoms with Gasteiger partial charge in [-0.05, 0) is 6.42 Å². The van der Waals surface area contributed by atoms with Crippen LogP contribution in [0.2, 0.25) is 0 Å². The fourth-order valence-electron chi connectivity index (χ4n) is 1.52. The number of nitrogens with zero attached hydrogens (tertiary/aromatic N) is 3. The number of nitrogens with one attached hydrogen (secondary N) is 1. The van der Waals surface area contributed by atoms with E-state index in [2.05, 4.69) is 15.6 Å². The third-order valence-electron chi connectivity index (χ3n) is 2.22. The number of halogens is 2. The monoisotopic (exact) mass is 254 g/mol. The smallest absolute Gasteiger partial charge is 0.320 e. The van der Waals surface area contributed by atoms with Crippen molar-refractivity contribution in [2.24, 2.45) is 0 Å². The van der Waals surface area contributed by atoms with Gasteiger partial charge in [0.1, 0.15) is 6.04 Å². The first kappa shape index (κ1) is 14.2. The highest BCUT2D eigenvalue weighted by Crippen LogP contribution is 2.17. The quantitative estimate of drug-likeness (QED) is 0.784. The third-order valence-corrected chi connectivity index (χ3v) is 2.22. The molecule has 1 aliphatic rings. The average molecular weight is 255 g/mol. The van der Waals surface area contributed by atoms with Gasteiger partial charge in [0.15, 0.2) is 0 Å². The molecule has 2 heterocycles. The van der Waals surface area contributed by atoms with Crippen molar-refractivity contribution in [1.29, 1.82) is 0 Å². The Morgan fingerprint density at radius 2 is 2.27 bits per heavy atom. The predicted molar refractivity (Wildman–Crippen MR) is 57.6 cm³/mol. The molecular weight excluding hydrogens is 243 g/mol. The number of hydrogen-bond acceptors (Lipinski definition) is 4. The maximum absolute atomic E-state index is 10.6. The lowest BCUT2D eigenvalue weighted by molar-refractivity contribution is -0.139. The van der Waals surface area contributed by atoms with Gasteiger partial charge in [0.05, 0.1) is 12.2 Å². The van der Waals surface area contributed by atoms with Crippen LogP contribution in [0.15, 0.2) is 12.4 Å². The van der Waals surface area contributed by atoms with Crippen molar-refractivity contribution in [3.63, 3.8) is 0 Å². The van der Waals surface area contributed by atoms with Gasteiger partial charge in [-0.15, -0.1) is 29.9 Å². The largest absolute Gasteiger partial charge is 0.480 e. The second kappa shape index (κ2) is 5.89. The third kappa shape index (κ3) is 3.05. The van der Waals surface area contributed by atoms with Gasteiger partial charge in [-0.1, -0.05) is 5.21 Å². The average Bonchev–Trinajstić information content (AvgIpc) is 2.75. The summed E-state index contributed by atoms with van der Waals surface area (Å²) in [6.45, 7) is 0.639. The summed E-state index contributed by atoms with van der Waals surface area (Å²) in [6, 6.07) is -0.335. The van der Waals surface area contributed by atoms with Crippen LogP contribution in [0.5, 0.6) is 0 Å².